The maximum atomic E-state index is 12.4. The van der Waals surface area contributed by atoms with E-state index in [-0.39, 0.29) is 17.2 Å². The number of aromatic nitrogens is 4. The lowest BCUT2D eigenvalue weighted by molar-refractivity contribution is -0.115. The van der Waals surface area contributed by atoms with E-state index in [0.717, 1.165) is 11.3 Å². The van der Waals surface area contributed by atoms with Gasteiger partial charge in [0.05, 0.1) is 11.3 Å². The molecule has 0 fully saturated rings. The zero-order chi connectivity index (χ0) is 18.2. The summed E-state index contributed by atoms with van der Waals surface area (Å²) in [6.45, 7) is 3.63. The van der Waals surface area contributed by atoms with Gasteiger partial charge < -0.3 is 5.32 Å². The van der Waals surface area contributed by atoms with Crippen molar-refractivity contribution in [2.75, 3.05) is 5.32 Å². The first kappa shape index (κ1) is 17.0. The normalized spacial score (nSPS) is 11.6. The Kier molecular flexibility index (Phi) is 4.23. The summed E-state index contributed by atoms with van der Waals surface area (Å²) < 4.78 is 24.3. The molecule has 2 aromatic heterocycles. The van der Waals surface area contributed by atoms with Crippen molar-refractivity contribution < 1.29 is 13.2 Å². The van der Waals surface area contributed by atoms with E-state index in [1.807, 2.05) is 6.92 Å². The van der Waals surface area contributed by atoms with Gasteiger partial charge >= 0.3 is 0 Å². The number of primary sulfonamides is 1. The summed E-state index contributed by atoms with van der Waals surface area (Å²) in [5.74, 6) is 0.166. The predicted molar refractivity (Wildman–Crippen MR) is 90.4 cm³/mol. The summed E-state index contributed by atoms with van der Waals surface area (Å²) in [5.41, 5.74) is 2.54. The van der Waals surface area contributed by atoms with Gasteiger partial charge in [-0.3, -0.25) is 4.79 Å². The quantitative estimate of drug-likeness (QED) is 0.699. The minimum Gasteiger partial charge on any atom is -0.326 e. The van der Waals surface area contributed by atoms with E-state index in [9.17, 15) is 13.2 Å². The number of anilines is 1. The molecule has 0 spiro atoms. The van der Waals surface area contributed by atoms with Crippen LogP contribution in [0.4, 0.5) is 5.69 Å². The van der Waals surface area contributed by atoms with Crippen LogP contribution in [0.2, 0.25) is 0 Å². The van der Waals surface area contributed by atoms with Crippen LogP contribution >= 0.6 is 0 Å². The lowest BCUT2D eigenvalue weighted by atomic mass is 10.1. The van der Waals surface area contributed by atoms with Crippen molar-refractivity contribution in [1.82, 2.24) is 19.6 Å². The Hall–Kier alpha value is -2.85. The topological polar surface area (TPSA) is 132 Å². The van der Waals surface area contributed by atoms with Gasteiger partial charge in [0, 0.05) is 22.6 Å². The largest absolute Gasteiger partial charge is 0.326 e. The highest BCUT2D eigenvalue weighted by Crippen LogP contribution is 2.17. The molecular formula is C15H16N6O3S. The van der Waals surface area contributed by atoms with E-state index >= 15 is 0 Å². The number of benzene rings is 1. The second-order valence-electron chi connectivity index (χ2n) is 5.53. The molecule has 1 amide bonds. The molecule has 0 aliphatic carbocycles. The molecule has 0 saturated carbocycles. The molecule has 9 nitrogen and oxygen atoms in total. The molecule has 3 aromatic rings. The number of nitrogens with one attached hydrogen (secondary N) is 1. The highest BCUT2D eigenvalue weighted by Gasteiger charge is 2.15. The number of fused-ring (bicyclic) bond motifs is 1. The molecule has 130 valence electrons. The Bertz CT molecular complexity index is 1070. The maximum Gasteiger partial charge on any atom is 0.252 e. The Morgan fingerprint density at radius 3 is 2.80 bits per heavy atom. The van der Waals surface area contributed by atoms with Gasteiger partial charge in [-0.2, -0.15) is 10.1 Å². The van der Waals surface area contributed by atoms with E-state index in [4.69, 9.17) is 5.14 Å². The van der Waals surface area contributed by atoms with Crippen LogP contribution < -0.4 is 10.5 Å². The van der Waals surface area contributed by atoms with Crippen LogP contribution in [0.1, 0.15) is 17.0 Å². The number of rotatable bonds is 4. The number of hydrogen-bond donors (Lipinski definition) is 2. The first-order valence-corrected chi connectivity index (χ1v) is 8.89. The van der Waals surface area contributed by atoms with Crippen molar-refractivity contribution in [2.24, 2.45) is 5.14 Å². The van der Waals surface area contributed by atoms with Gasteiger partial charge in [0.15, 0.2) is 0 Å². The monoisotopic (exact) mass is 360 g/mol. The third-order valence-corrected chi connectivity index (χ3v) is 4.68. The minimum atomic E-state index is -3.83. The summed E-state index contributed by atoms with van der Waals surface area (Å²) in [7, 11) is -3.83. The third kappa shape index (κ3) is 3.49. The van der Waals surface area contributed by atoms with Gasteiger partial charge in [-0.15, -0.1) is 0 Å². The fourth-order valence-electron chi connectivity index (χ4n) is 2.53. The number of nitrogens with zero attached hydrogens (tertiary/aromatic N) is 4. The van der Waals surface area contributed by atoms with Crippen LogP contribution in [0, 0.1) is 13.8 Å². The maximum absolute atomic E-state index is 12.4. The zero-order valence-electron chi connectivity index (χ0n) is 13.6. The average Bonchev–Trinajstić information content (AvgIpc) is 2.99. The van der Waals surface area contributed by atoms with Gasteiger partial charge in [-0.25, -0.2) is 23.1 Å². The van der Waals surface area contributed by atoms with Gasteiger partial charge in [0.2, 0.25) is 15.9 Å². The molecule has 2 heterocycles. The molecule has 0 aliphatic heterocycles. The van der Waals surface area contributed by atoms with Crippen molar-refractivity contribution in [3.05, 3.63) is 47.5 Å². The number of sulfonamides is 1. The van der Waals surface area contributed by atoms with E-state index < -0.39 is 10.0 Å². The molecule has 25 heavy (non-hydrogen) atoms. The van der Waals surface area contributed by atoms with Crippen molar-refractivity contribution >= 4 is 27.4 Å². The number of carbonyl (C=O) groups excluding carboxylic acids is 1. The van der Waals surface area contributed by atoms with E-state index in [0.29, 0.717) is 17.2 Å². The number of aryl methyl sites for hydroxylation is 2. The molecule has 0 aliphatic rings. The lowest BCUT2D eigenvalue weighted by Crippen LogP contribution is -2.18. The molecule has 1 aromatic carbocycles. The van der Waals surface area contributed by atoms with Crippen LogP contribution in [0.5, 0.6) is 0 Å². The third-order valence-electron chi connectivity index (χ3n) is 3.77. The predicted octanol–water partition coefficient (Wildman–Crippen LogP) is 0.570. The average molecular weight is 360 g/mol. The number of nitrogens with two attached hydrogens (primary N) is 1. The highest BCUT2D eigenvalue weighted by molar-refractivity contribution is 7.89. The van der Waals surface area contributed by atoms with E-state index in [1.165, 1.54) is 24.5 Å². The molecule has 3 N–H and O–H groups in total. The zero-order valence-corrected chi connectivity index (χ0v) is 14.4. The first-order chi connectivity index (χ1) is 11.8. The fourth-order valence-corrected chi connectivity index (χ4v) is 3.09. The van der Waals surface area contributed by atoms with Crippen molar-refractivity contribution in [2.45, 2.75) is 25.2 Å². The van der Waals surface area contributed by atoms with Crippen LogP contribution in [-0.4, -0.2) is 33.9 Å². The lowest BCUT2D eigenvalue weighted by Gasteiger charge is -2.11. The standard InChI is InChI=1S/C15H16N6O3S/c1-9-13(10(2)21-15(19-9)17-8-18-21)7-14(22)20-11-4-3-5-12(6-11)25(16,23)24/h3-6,8H,7H2,1-2H3,(H,20,22)(H2,16,23,24). The highest BCUT2D eigenvalue weighted by atomic mass is 32.2. The second kappa shape index (κ2) is 6.22. The molecule has 0 bridgehead atoms. The molecule has 0 unspecified atom stereocenters. The molecule has 0 saturated heterocycles. The van der Waals surface area contributed by atoms with Crippen molar-refractivity contribution in [1.29, 1.82) is 0 Å². The number of carbonyl (C=O) groups is 1. The smallest absolute Gasteiger partial charge is 0.252 e. The summed E-state index contributed by atoms with van der Waals surface area (Å²) >= 11 is 0. The minimum absolute atomic E-state index is 0.0663. The van der Waals surface area contributed by atoms with Crippen LogP contribution in [0.25, 0.3) is 5.78 Å². The summed E-state index contributed by atoms with van der Waals surface area (Å²) in [4.78, 5) is 20.6. The Balaban J connectivity index is 1.84. The molecule has 0 radical (unpaired) electrons. The van der Waals surface area contributed by atoms with Crippen LogP contribution in [0.15, 0.2) is 35.5 Å². The van der Waals surface area contributed by atoms with Crippen LogP contribution in [-0.2, 0) is 21.2 Å². The van der Waals surface area contributed by atoms with Gasteiger partial charge in [-0.1, -0.05) is 6.07 Å². The second-order valence-corrected chi connectivity index (χ2v) is 7.09. The van der Waals surface area contributed by atoms with Crippen molar-refractivity contribution in [3.63, 3.8) is 0 Å². The van der Waals surface area contributed by atoms with Crippen molar-refractivity contribution in [3.8, 4) is 0 Å². The number of amides is 1. The molecule has 3 rings (SSSR count). The van der Waals surface area contributed by atoms with Crippen LogP contribution in [0.3, 0.4) is 0 Å². The Labute approximate surface area is 144 Å². The summed E-state index contributed by atoms with van der Waals surface area (Å²) in [6, 6.07) is 5.77. The Morgan fingerprint density at radius 2 is 2.08 bits per heavy atom. The molecular weight excluding hydrogens is 344 g/mol. The van der Waals surface area contributed by atoms with E-state index in [1.54, 1.807) is 17.5 Å². The SMILES string of the molecule is Cc1nc2ncnn2c(C)c1CC(=O)Nc1cccc(S(N)(=O)=O)c1. The fraction of sp³-hybridized carbons (Fsp3) is 0.200. The number of hydrogen-bond acceptors (Lipinski definition) is 6. The van der Waals surface area contributed by atoms with E-state index in [2.05, 4.69) is 20.4 Å². The summed E-state index contributed by atoms with van der Waals surface area (Å²) in [5, 5.41) is 11.8. The van der Waals surface area contributed by atoms with Gasteiger partial charge in [-0.05, 0) is 32.0 Å². The van der Waals surface area contributed by atoms with Gasteiger partial charge in [0.1, 0.15) is 6.33 Å². The Morgan fingerprint density at radius 1 is 1.32 bits per heavy atom. The molecule has 10 heteroatoms. The summed E-state index contributed by atoms with van der Waals surface area (Å²) in [6.07, 6.45) is 1.47. The van der Waals surface area contributed by atoms with Gasteiger partial charge in [0.25, 0.3) is 5.78 Å². The first-order valence-electron chi connectivity index (χ1n) is 7.34. The molecule has 0 atom stereocenters.